The first-order chi connectivity index (χ1) is 15.4. The van der Waals surface area contributed by atoms with Gasteiger partial charge in [-0.1, -0.05) is 24.3 Å². The van der Waals surface area contributed by atoms with Gasteiger partial charge in [0.2, 0.25) is 0 Å². The molecule has 0 saturated heterocycles. The summed E-state index contributed by atoms with van der Waals surface area (Å²) in [5.41, 5.74) is 1.81. The molecule has 1 heterocycles. The normalized spacial score (nSPS) is 13.3. The minimum Gasteiger partial charge on any atom is -0.383 e. The quantitative estimate of drug-likeness (QED) is 0.248. The molecule has 0 saturated carbocycles. The number of rotatable bonds is 7. The number of imide groups is 1. The van der Waals surface area contributed by atoms with Crippen LogP contribution in [0.3, 0.4) is 0 Å². The van der Waals surface area contributed by atoms with Gasteiger partial charge >= 0.3 is 0 Å². The first-order valence-corrected chi connectivity index (χ1v) is 10.9. The highest BCUT2D eigenvalue weighted by atomic mass is 32.1. The molecule has 0 unspecified atom stereocenters. The third-order valence-corrected chi connectivity index (χ3v) is 5.80. The van der Waals surface area contributed by atoms with Gasteiger partial charge in [0.15, 0.2) is 5.11 Å². The van der Waals surface area contributed by atoms with Crippen LogP contribution in [-0.2, 0) is 4.74 Å². The molecule has 8 heteroatoms. The molecule has 0 aliphatic carbocycles. The Bertz CT molecular complexity index is 1220. The van der Waals surface area contributed by atoms with Gasteiger partial charge in [0, 0.05) is 48.8 Å². The number of hydrogen-bond donors (Lipinski definition) is 2. The number of fused-ring (bicyclic) bond motifs is 2. The molecule has 7 nitrogen and oxygen atoms in total. The average molecular weight is 451 g/mol. The SMILES string of the molecule is COCCNC(=S)Nc1cccc2cc3cccc4c3c(c12)C(=O)N(CCN(C)C)C4=O. The first-order valence-electron chi connectivity index (χ1n) is 10.5. The van der Waals surface area contributed by atoms with Gasteiger partial charge in [-0.15, -0.1) is 0 Å². The summed E-state index contributed by atoms with van der Waals surface area (Å²) in [7, 11) is 5.47. The molecule has 0 atom stereocenters. The van der Waals surface area contributed by atoms with Crippen LogP contribution in [-0.4, -0.2) is 74.2 Å². The van der Waals surface area contributed by atoms with Gasteiger partial charge in [-0.2, -0.15) is 0 Å². The first kappa shape index (κ1) is 22.1. The van der Waals surface area contributed by atoms with Crippen LogP contribution in [0.25, 0.3) is 21.5 Å². The van der Waals surface area contributed by atoms with Crippen LogP contribution in [0, 0.1) is 0 Å². The Hall–Kier alpha value is -3.07. The molecule has 4 rings (SSSR count). The fourth-order valence-electron chi connectivity index (χ4n) is 4.04. The van der Waals surface area contributed by atoms with E-state index in [1.54, 1.807) is 13.2 Å². The Kier molecular flexibility index (Phi) is 6.36. The number of likely N-dealkylation sites (N-methyl/N-ethyl adjacent to an activating group) is 1. The van der Waals surface area contributed by atoms with E-state index in [2.05, 4.69) is 10.6 Å². The van der Waals surface area contributed by atoms with Gasteiger partial charge in [0.25, 0.3) is 11.8 Å². The number of benzene rings is 3. The Balaban J connectivity index is 1.87. The molecule has 32 heavy (non-hydrogen) atoms. The van der Waals surface area contributed by atoms with Crippen molar-refractivity contribution in [2.75, 3.05) is 52.8 Å². The molecular weight excluding hydrogens is 424 g/mol. The second-order valence-electron chi connectivity index (χ2n) is 8.00. The van der Waals surface area contributed by atoms with E-state index in [4.69, 9.17) is 17.0 Å². The molecular formula is C24H26N4O3S. The predicted molar refractivity (Wildman–Crippen MR) is 131 cm³/mol. The molecule has 3 aromatic rings. The zero-order valence-electron chi connectivity index (χ0n) is 18.4. The molecule has 0 aromatic heterocycles. The van der Waals surface area contributed by atoms with Gasteiger partial charge in [-0.05, 0) is 55.3 Å². The number of carbonyl (C=O) groups excluding carboxylic acids is 2. The summed E-state index contributed by atoms with van der Waals surface area (Å²) in [5.74, 6) is -0.532. The van der Waals surface area contributed by atoms with Gasteiger partial charge in [-0.3, -0.25) is 14.5 Å². The van der Waals surface area contributed by atoms with Gasteiger partial charge in [-0.25, -0.2) is 0 Å². The van der Waals surface area contributed by atoms with Crippen molar-refractivity contribution in [2.45, 2.75) is 0 Å². The zero-order chi connectivity index (χ0) is 22.8. The lowest BCUT2D eigenvalue weighted by Gasteiger charge is -2.29. The number of ether oxygens (including phenoxy) is 1. The van der Waals surface area contributed by atoms with Crippen molar-refractivity contribution in [3.05, 3.63) is 53.6 Å². The van der Waals surface area contributed by atoms with Gasteiger partial charge in [0.1, 0.15) is 0 Å². The lowest BCUT2D eigenvalue weighted by Crippen LogP contribution is -2.43. The third-order valence-electron chi connectivity index (χ3n) is 5.55. The van der Waals surface area contributed by atoms with E-state index in [0.717, 1.165) is 21.8 Å². The van der Waals surface area contributed by atoms with Crippen molar-refractivity contribution >= 4 is 56.4 Å². The summed E-state index contributed by atoms with van der Waals surface area (Å²) in [4.78, 5) is 30.2. The van der Waals surface area contributed by atoms with Crippen molar-refractivity contribution in [1.82, 2.24) is 15.1 Å². The Morgan fingerprint density at radius 2 is 1.78 bits per heavy atom. The standard InChI is InChI=1S/C24H26N4O3S/c1-27(2)11-12-28-22(29)17-8-4-6-15-14-16-7-5-9-18(26-24(32)25-10-13-31-3)20(16)21(19(15)17)23(28)30/h4-9,14H,10-13H2,1-3H3,(H2,25,26,32). The number of nitrogens with one attached hydrogen (secondary N) is 2. The van der Waals surface area contributed by atoms with Crippen LogP contribution in [0.5, 0.6) is 0 Å². The van der Waals surface area contributed by atoms with Crippen molar-refractivity contribution in [1.29, 1.82) is 0 Å². The second kappa shape index (κ2) is 9.20. The molecule has 1 aliphatic rings. The lowest BCUT2D eigenvalue weighted by atomic mass is 9.89. The monoisotopic (exact) mass is 450 g/mol. The van der Waals surface area contributed by atoms with Crippen LogP contribution in [0.4, 0.5) is 5.69 Å². The number of anilines is 1. The van der Waals surface area contributed by atoms with E-state index >= 15 is 0 Å². The van der Waals surface area contributed by atoms with Crippen LogP contribution in [0.1, 0.15) is 20.7 Å². The van der Waals surface area contributed by atoms with Crippen LogP contribution >= 0.6 is 12.2 Å². The Morgan fingerprint density at radius 1 is 1.06 bits per heavy atom. The molecule has 0 fully saturated rings. The second-order valence-corrected chi connectivity index (χ2v) is 8.41. The summed E-state index contributed by atoms with van der Waals surface area (Å²) < 4.78 is 5.06. The van der Waals surface area contributed by atoms with Crippen LogP contribution in [0.15, 0.2) is 42.5 Å². The highest BCUT2D eigenvalue weighted by Crippen LogP contribution is 2.38. The molecule has 2 N–H and O–H groups in total. The summed E-state index contributed by atoms with van der Waals surface area (Å²) in [6.45, 7) is 2.01. The fraction of sp³-hybridized carbons (Fsp3) is 0.292. The molecule has 0 radical (unpaired) electrons. The molecule has 1 aliphatic heterocycles. The number of methoxy groups -OCH3 is 1. The minimum atomic E-state index is -0.279. The fourth-order valence-corrected chi connectivity index (χ4v) is 4.25. The number of hydrogen-bond acceptors (Lipinski definition) is 5. The van der Waals surface area contributed by atoms with E-state index in [9.17, 15) is 9.59 Å². The highest BCUT2D eigenvalue weighted by molar-refractivity contribution is 7.80. The average Bonchev–Trinajstić information content (AvgIpc) is 2.76. The molecule has 0 spiro atoms. The Morgan fingerprint density at radius 3 is 2.50 bits per heavy atom. The molecule has 0 bridgehead atoms. The maximum absolute atomic E-state index is 13.7. The van der Waals surface area contributed by atoms with Crippen LogP contribution in [0.2, 0.25) is 0 Å². The predicted octanol–water partition coefficient (Wildman–Crippen LogP) is 3.08. The molecule has 3 aromatic carbocycles. The van der Waals surface area contributed by atoms with E-state index in [1.807, 2.05) is 55.4 Å². The van der Waals surface area contributed by atoms with E-state index in [1.165, 1.54) is 4.90 Å². The van der Waals surface area contributed by atoms with E-state index < -0.39 is 0 Å². The summed E-state index contributed by atoms with van der Waals surface area (Å²) in [6.07, 6.45) is 0. The van der Waals surface area contributed by atoms with E-state index in [-0.39, 0.29) is 11.8 Å². The smallest absolute Gasteiger partial charge is 0.262 e. The van der Waals surface area contributed by atoms with Crippen molar-refractivity contribution in [2.24, 2.45) is 0 Å². The zero-order valence-corrected chi connectivity index (χ0v) is 19.2. The number of amides is 2. The van der Waals surface area contributed by atoms with Crippen LogP contribution < -0.4 is 10.6 Å². The van der Waals surface area contributed by atoms with Crippen molar-refractivity contribution < 1.29 is 14.3 Å². The van der Waals surface area contributed by atoms with Gasteiger partial charge < -0.3 is 20.3 Å². The van der Waals surface area contributed by atoms with E-state index in [0.29, 0.717) is 47.9 Å². The summed E-state index contributed by atoms with van der Waals surface area (Å²) in [5, 5.41) is 10.0. The number of carbonyl (C=O) groups is 2. The van der Waals surface area contributed by atoms with Crippen molar-refractivity contribution in [3.8, 4) is 0 Å². The maximum Gasteiger partial charge on any atom is 0.262 e. The van der Waals surface area contributed by atoms with Crippen molar-refractivity contribution in [3.63, 3.8) is 0 Å². The summed E-state index contributed by atoms with van der Waals surface area (Å²) in [6, 6.07) is 13.4. The number of nitrogens with zero attached hydrogens (tertiary/aromatic N) is 2. The third kappa shape index (κ3) is 4.04. The highest BCUT2D eigenvalue weighted by Gasteiger charge is 2.34. The molecule has 166 valence electrons. The topological polar surface area (TPSA) is 73.9 Å². The Labute approximate surface area is 192 Å². The molecule has 2 amide bonds. The lowest BCUT2D eigenvalue weighted by molar-refractivity contribution is 0.0602. The minimum absolute atomic E-state index is 0.253. The summed E-state index contributed by atoms with van der Waals surface area (Å²) >= 11 is 5.44. The maximum atomic E-state index is 13.7. The largest absolute Gasteiger partial charge is 0.383 e. The number of thiocarbonyl (C=S) groups is 1. The van der Waals surface area contributed by atoms with Gasteiger partial charge in [0.05, 0.1) is 12.2 Å².